The number of nitrogens with one attached hydrogen (secondary N) is 2. The Morgan fingerprint density at radius 1 is 1.67 bits per heavy atom. The lowest BCUT2D eigenvalue weighted by Crippen LogP contribution is -2.31. The van der Waals surface area contributed by atoms with Gasteiger partial charge >= 0.3 is 6.03 Å². The number of nitrogens with zero attached hydrogens (tertiary/aromatic N) is 2. The highest BCUT2D eigenvalue weighted by Gasteiger charge is 2.06. The third-order valence-corrected chi connectivity index (χ3v) is 1.93. The summed E-state index contributed by atoms with van der Waals surface area (Å²) in [6.07, 6.45) is 0.827. The average molecular weight is 212 g/mol. The zero-order valence-corrected chi connectivity index (χ0v) is 8.95. The van der Waals surface area contributed by atoms with Crippen molar-refractivity contribution < 1.29 is 9.90 Å². The van der Waals surface area contributed by atoms with Gasteiger partial charge < -0.3 is 10.4 Å². The molecular weight excluding hydrogens is 196 g/mol. The lowest BCUT2D eigenvalue weighted by molar-refractivity contribution is 0.244. The van der Waals surface area contributed by atoms with Gasteiger partial charge in [-0.3, -0.25) is 10.00 Å². The molecule has 0 saturated heterocycles. The van der Waals surface area contributed by atoms with Gasteiger partial charge in [0.15, 0.2) is 0 Å². The van der Waals surface area contributed by atoms with Crippen molar-refractivity contribution >= 4 is 11.8 Å². The predicted molar refractivity (Wildman–Crippen MR) is 56.7 cm³/mol. The van der Waals surface area contributed by atoms with E-state index in [-0.39, 0.29) is 19.2 Å². The first-order valence-corrected chi connectivity index (χ1v) is 4.86. The lowest BCUT2D eigenvalue weighted by Gasteiger charge is -2.05. The molecule has 0 atom stereocenters. The zero-order chi connectivity index (χ0) is 11.3. The second-order valence-corrected chi connectivity index (χ2v) is 3.10. The maximum Gasteiger partial charge on any atom is 0.320 e. The van der Waals surface area contributed by atoms with Gasteiger partial charge in [-0.25, -0.2) is 4.79 Å². The van der Waals surface area contributed by atoms with Crippen LogP contribution in [0.3, 0.4) is 0 Å². The van der Waals surface area contributed by atoms with E-state index in [4.69, 9.17) is 5.11 Å². The highest BCUT2D eigenvalue weighted by Crippen LogP contribution is 2.08. The number of hydrogen-bond acceptors (Lipinski definition) is 3. The summed E-state index contributed by atoms with van der Waals surface area (Å²) in [4.78, 5) is 11.2. The molecule has 1 aromatic heterocycles. The van der Waals surface area contributed by atoms with Gasteiger partial charge in [0.1, 0.15) is 5.82 Å². The number of carbonyl (C=O) groups excluding carboxylic acids is 1. The van der Waals surface area contributed by atoms with Gasteiger partial charge in [-0.05, 0) is 6.42 Å². The molecule has 0 fully saturated rings. The molecule has 3 N–H and O–H groups in total. The highest BCUT2D eigenvalue weighted by atomic mass is 16.3. The van der Waals surface area contributed by atoms with Crippen LogP contribution >= 0.6 is 0 Å². The Morgan fingerprint density at radius 2 is 2.40 bits per heavy atom. The summed E-state index contributed by atoms with van der Waals surface area (Å²) in [7, 11) is 1.76. The highest BCUT2D eigenvalue weighted by molar-refractivity contribution is 5.88. The Morgan fingerprint density at radius 3 is 2.93 bits per heavy atom. The van der Waals surface area contributed by atoms with Gasteiger partial charge in [0, 0.05) is 19.7 Å². The van der Waals surface area contributed by atoms with Crippen LogP contribution in [0.5, 0.6) is 0 Å². The molecule has 15 heavy (non-hydrogen) atoms. The minimum atomic E-state index is -0.338. The molecule has 1 rings (SSSR count). The van der Waals surface area contributed by atoms with E-state index in [1.54, 1.807) is 11.7 Å². The Labute approximate surface area is 88.3 Å². The molecule has 0 aromatic carbocycles. The fourth-order valence-electron chi connectivity index (χ4n) is 1.15. The second-order valence-electron chi connectivity index (χ2n) is 3.10. The second kappa shape index (κ2) is 5.35. The van der Waals surface area contributed by atoms with Crippen LogP contribution in [0.4, 0.5) is 10.6 Å². The summed E-state index contributed by atoms with van der Waals surface area (Å²) in [6.45, 7) is 2.17. The van der Waals surface area contributed by atoms with E-state index in [1.807, 2.05) is 13.0 Å². The minimum absolute atomic E-state index is 0.0704. The standard InChI is InChI=1S/C9H16N4O2/c1-3-7-6-8(13(2)12-7)11-9(15)10-4-5-14/h6,14H,3-5H2,1-2H3,(H2,10,11,15). The van der Waals surface area contributed by atoms with Gasteiger partial charge in [0.05, 0.1) is 12.3 Å². The summed E-state index contributed by atoms with van der Waals surface area (Å²) < 4.78 is 1.61. The van der Waals surface area contributed by atoms with E-state index in [0.717, 1.165) is 12.1 Å². The van der Waals surface area contributed by atoms with Crippen LogP contribution in [0.25, 0.3) is 0 Å². The van der Waals surface area contributed by atoms with Crippen LogP contribution in [0, 0.1) is 0 Å². The number of aliphatic hydroxyl groups excluding tert-OH is 1. The molecule has 6 heteroatoms. The van der Waals surface area contributed by atoms with E-state index in [9.17, 15) is 4.79 Å². The fourth-order valence-corrected chi connectivity index (χ4v) is 1.15. The van der Waals surface area contributed by atoms with Gasteiger partial charge in [0.2, 0.25) is 0 Å². The Balaban J connectivity index is 2.55. The van der Waals surface area contributed by atoms with Crippen molar-refractivity contribution in [2.24, 2.45) is 7.05 Å². The van der Waals surface area contributed by atoms with Gasteiger partial charge in [-0.2, -0.15) is 5.10 Å². The summed E-state index contributed by atoms with van der Waals surface area (Å²) >= 11 is 0. The molecule has 1 aromatic rings. The monoisotopic (exact) mass is 212 g/mol. The number of urea groups is 1. The maximum atomic E-state index is 11.2. The number of aryl methyl sites for hydroxylation is 2. The zero-order valence-electron chi connectivity index (χ0n) is 8.95. The molecule has 2 amide bonds. The Kier molecular flexibility index (Phi) is 4.11. The SMILES string of the molecule is CCc1cc(NC(=O)NCCO)n(C)n1. The topological polar surface area (TPSA) is 79.2 Å². The molecule has 1 heterocycles. The third-order valence-electron chi connectivity index (χ3n) is 1.93. The van der Waals surface area contributed by atoms with Gasteiger partial charge in [0.25, 0.3) is 0 Å². The van der Waals surface area contributed by atoms with Crippen LogP contribution in [-0.4, -0.2) is 34.1 Å². The van der Waals surface area contributed by atoms with Gasteiger partial charge in [-0.15, -0.1) is 0 Å². The van der Waals surface area contributed by atoms with E-state index in [1.165, 1.54) is 0 Å². The lowest BCUT2D eigenvalue weighted by atomic mass is 10.3. The molecule has 0 aliphatic heterocycles. The first kappa shape index (κ1) is 11.5. The number of anilines is 1. The van der Waals surface area contributed by atoms with E-state index in [2.05, 4.69) is 15.7 Å². The van der Waals surface area contributed by atoms with E-state index < -0.39 is 0 Å². The quantitative estimate of drug-likeness (QED) is 0.662. The smallest absolute Gasteiger partial charge is 0.320 e. The maximum absolute atomic E-state index is 11.2. The van der Waals surface area contributed by atoms with Crippen molar-refractivity contribution in [2.45, 2.75) is 13.3 Å². The molecule has 0 aliphatic rings. The van der Waals surface area contributed by atoms with E-state index in [0.29, 0.717) is 5.82 Å². The summed E-state index contributed by atoms with van der Waals surface area (Å²) in [5, 5.41) is 17.8. The molecule has 84 valence electrons. The van der Waals surface area contributed by atoms with Crippen molar-refractivity contribution in [1.29, 1.82) is 0 Å². The van der Waals surface area contributed by atoms with Crippen LogP contribution < -0.4 is 10.6 Å². The van der Waals surface area contributed by atoms with E-state index >= 15 is 0 Å². The molecule has 0 radical (unpaired) electrons. The van der Waals surface area contributed by atoms with Crippen molar-refractivity contribution in [3.8, 4) is 0 Å². The molecule has 0 bridgehead atoms. The number of aromatic nitrogens is 2. The predicted octanol–water partition coefficient (Wildman–Crippen LogP) is 0.0963. The van der Waals surface area contributed by atoms with Gasteiger partial charge in [-0.1, -0.05) is 6.92 Å². The first-order valence-electron chi connectivity index (χ1n) is 4.86. The van der Waals surface area contributed by atoms with Crippen molar-refractivity contribution in [3.05, 3.63) is 11.8 Å². The number of hydrogen-bond donors (Lipinski definition) is 3. The fraction of sp³-hybridized carbons (Fsp3) is 0.556. The molecular formula is C9H16N4O2. The molecule has 0 aliphatic carbocycles. The molecule has 0 saturated carbocycles. The van der Waals surface area contributed by atoms with Crippen LogP contribution in [0.15, 0.2) is 6.07 Å². The molecule has 6 nitrogen and oxygen atoms in total. The number of carbonyl (C=O) groups is 1. The van der Waals surface area contributed by atoms with Crippen LogP contribution in [0.1, 0.15) is 12.6 Å². The van der Waals surface area contributed by atoms with Crippen molar-refractivity contribution in [2.75, 3.05) is 18.5 Å². The van der Waals surface area contributed by atoms with Crippen LogP contribution in [-0.2, 0) is 13.5 Å². The van der Waals surface area contributed by atoms with Crippen LogP contribution in [0.2, 0.25) is 0 Å². The largest absolute Gasteiger partial charge is 0.395 e. The first-order chi connectivity index (χ1) is 7.17. The summed E-state index contributed by atoms with van der Waals surface area (Å²) in [5.41, 5.74) is 0.926. The Bertz CT molecular complexity index is 335. The Hall–Kier alpha value is -1.56. The number of aliphatic hydroxyl groups is 1. The van der Waals surface area contributed by atoms with Crippen molar-refractivity contribution in [3.63, 3.8) is 0 Å². The minimum Gasteiger partial charge on any atom is -0.395 e. The number of rotatable bonds is 4. The summed E-state index contributed by atoms with van der Waals surface area (Å²) in [5.74, 6) is 0.641. The summed E-state index contributed by atoms with van der Waals surface area (Å²) in [6, 6.07) is 1.48. The molecule has 0 spiro atoms. The average Bonchev–Trinajstić information content (AvgIpc) is 2.57. The third kappa shape index (κ3) is 3.25. The number of amides is 2. The molecule has 0 unspecified atom stereocenters. The normalized spacial score (nSPS) is 10.1. The van der Waals surface area contributed by atoms with Crippen molar-refractivity contribution in [1.82, 2.24) is 15.1 Å².